The molecule has 0 unspecified atom stereocenters. The minimum absolute atomic E-state index is 0.848. The van der Waals surface area contributed by atoms with Gasteiger partial charge in [0.05, 0.1) is 5.69 Å². The standard InChI is InChI=1S/C9H14BrN3/c1-11-6-7-9(10)13-5-3-2-4-8(13)12-7/h11H,2-6H2,1H3. The van der Waals surface area contributed by atoms with Crippen molar-refractivity contribution in [3.63, 3.8) is 0 Å². The summed E-state index contributed by atoms with van der Waals surface area (Å²) in [6.45, 7) is 1.97. The molecule has 2 heterocycles. The fourth-order valence-corrected chi connectivity index (χ4v) is 2.39. The minimum atomic E-state index is 0.848. The van der Waals surface area contributed by atoms with Crippen LogP contribution in [-0.2, 0) is 19.5 Å². The van der Waals surface area contributed by atoms with Gasteiger partial charge in [-0.15, -0.1) is 0 Å². The maximum atomic E-state index is 4.59. The fourth-order valence-electron chi connectivity index (χ4n) is 1.78. The van der Waals surface area contributed by atoms with Gasteiger partial charge in [0.25, 0.3) is 0 Å². The number of aryl methyl sites for hydroxylation is 1. The molecule has 0 saturated heterocycles. The van der Waals surface area contributed by atoms with Crippen molar-refractivity contribution in [1.29, 1.82) is 0 Å². The SMILES string of the molecule is CNCc1nc2n(c1Br)CCCC2. The predicted molar refractivity (Wildman–Crippen MR) is 55.6 cm³/mol. The van der Waals surface area contributed by atoms with Gasteiger partial charge in [0, 0.05) is 19.5 Å². The molecule has 1 N–H and O–H groups in total. The van der Waals surface area contributed by atoms with E-state index in [4.69, 9.17) is 0 Å². The lowest BCUT2D eigenvalue weighted by Crippen LogP contribution is -2.10. The summed E-state index contributed by atoms with van der Waals surface area (Å²) in [4.78, 5) is 4.59. The Kier molecular flexibility index (Phi) is 2.69. The highest BCUT2D eigenvalue weighted by atomic mass is 79.9. The van der Waals surface area contributed by atoms with Crippen molar-refractivity contribution in [3.05, 3.63) is 16.1 Å². The van der Waals surface area contributed by atoms with Crippen LogP contribution >= 0.6 is 15.9 Å². The van der Waals surface area contributed by atoms with Crippen LogP contribution in [0.1, 0.15) is 24.4 Å². The van der Waals surface area contributed by atoms with Crippen LogP contribution < -0.4 is 5.32 Å². The number of nitrogens with one attached hydrogen (secondary N) is 1. The van der Waals surface area contributed by atoms with Crippen LogP contribution in [0.5, 0.6) is 0 Å². The normalized spacial score (nSPS) is 15.8. The number of hydrogen-bond acceptors (Lipinski definition) is 2. The van der Waals surface area contributed by atoms with Crippen LogP contribution in [0.3, 0.4) is 0 Å². The van der Waals surface area contributed by atoms with Crippen molar-refractivity contribution >= 4 is 15.9 Å². The third kappa shape index (κ3) is 1.65. The molecule has 1 aliphatic rings. The number of fused-ring (bicyclic) bond motifs is 1. The maximum absolute atomic E-state index is 4.59. The average Bonchev–Trinajstić information content (AvgIpc) is 2.46. The Morgan fingerprint density at radius 3 is 3.08 bits per heavy atom. The lowest BCUT2D eigenvalue weighted by molar-refractivity contribution is 0.516. The second-order valence-electron chi connectivity index (χ2n) is 3.40. The Hall–Kier alpha value is -0.350. The van der Waals surface area contributed by atoms with E-state index in [-0.39, 0.29) is 0 Å². The Morgan fingerprint density at radius 1 is 1.54 bits per heavy atom. The van der Waals surface area contributed by atoms with E-state index in [9.17, 15) is 0 Å². The summed E-state index contributed by atoms with van der Waals surface area (Å²) in [6.07, 6.45) is 3.69. The molecule has 13 heavy (non-hydrogen) atoms. The predicted octanol–water partition coefficient (Wildman–Crippen LogP) is 1.70. The molecule has 1 aromatic heterocycles. The molecule has 0 radical (unpaired) electrons. The highest BCUT2D eigenvalue weighted by molar-refractivity contribution is 9.10. The number of rotatable bonds is 2. The van der Waals surface area contributed by atoms with Crippen LogP contribution in [0.15, 0.2) is 4.60 Å². The van der Waals surface area contributed by atoms with E-state index in [1.165, 1.54) is 18.7 Å². The van der Waals surface area contributed by atoms with Gasteiger partial charge >= 0.3 is 0 Å². The van der Waals surface area contributed by atoms with E-state index >= 15 is 0 Å². The van der Waals surface area contributed by atoms with Gasteiger partial charge in [0.15, 0.2) is 0 Å². The monoisotopic (exact) mass is 243 g/mol. The molecule has 4 heteroatoms. The fraction of sp³-hybridized carbons (Fsp3) is 0.667. The number of imidazole rings is 1. The molecule has 0 bridgehead atoms. The zero-order valence-electron chi connectivity index (χ0n) is 7.81. The van der Waals surface area contributed by atoms with Crippen molar-refractivity contribution in [1.82, 2.24) is 14.9 Å². The van der Waals surface area contributed by atoms with Crippen LogP contribution in [-0.4, -0.2) is 16.6 Å². The molecular weight excluding hydrogens is 230 g/mol. The number of aromatic nitrogens is 2. The summed E-state index contributed by atoms with van der Waals surface area (Å²) in [5, 5.41) is 3.13. The number of nitrogens with zero attached hydrogens (tertiary/aromatic N) is 2. The van der Waals surface area contributed by atoms with Crippen molar-refractivity contribution in [2.45, 2.75) is 32.4 Å². The lowest BCUT2D eigenvalue weighted by Gasteiger charge is -2.13. The molecule has 0 aliphatic carbocycles. The van der Waals surface area contributed by atoms with Gasteiger partial charge in [-0.25, -0.2) is 4.98 Å². The topological polar surface area (TPSA) is 29.9 Å². The Labute approximate surface area is 86.7 Å². The first-order chi connectivity index (χ1) is 6.33. The molecule has 0 atom stereocenters. The molecule has 3 nitrogen and oxygen atoms in total. The van der Waals surface area contributed by atoms with Crippen LogP contribution in [0.2, 0.25) is 0 Å². The third-order valence-electron chi connectivity index (χ3n) is 2.43. The number of hydrogen-bond donors (Lipinski definition) is 1. The smallest absolute Gasteiger partial charge is 0.109 e. The minimum Gasteiger partial charge on any atom is -0.322 e. The van der Waals surface area contributed by atoms with Gasteiger partial charge in [-0.2, -0.15) is 0 Å². The zero-order valence-corrected chi connectivity index (χ0v) is 9.39. The molecule has 72 valence electrons. The molecule has 0 spiro atoms. The molecule has 0 saturated carbocycles. The first kappa shape index (κ1) is 9.21. The second kappa shape index (κ2) is 3.80. The Morgan fingerprint density at radius 2 is 2.38 bits per heavy atom. The van der Waals surface area contributed by atoms with Crippen LogP contribution in [0, 0.1) is 0 Å². The van der Waals surface area contributed by atoms with Gasteiger partial charge in [-0.3, -0.25) is 0 Å². The second-order valence-corrected chi connectivity index (χ2v) is 4.16. The molecule has 1 aromatic rings. The molecule has 2 rings (SSSR count). The van der Waals surface area contributed by atoms with Gasteiger partial charge in [-0.05, 0) is 35.8 Å². The van der Waals surface area contributed by atoms with Crippen LogP contribution in [0.4, 0.5) is 0 Å². The van der Waals surface area contributed by atoms with Crippen molar-refractivity contribution in [2.24, 2.45) is 0 Å². The highest BCUT2D eigenvalue weighted by Crippen LogP contribution is 2.23. The zero-order chi connectivity index (χ0) is 9.26. The van der Waals surface area contributed by atoms with E-state index in [1.807, 2.05) is 7.05 Å². The quantitative estimate of drug-likeness (QED) is 0.858. The summed E-state index contributed by atoms with van der Waals surface area (Å²) >= 11 is 3.60. The lowest BCUT2D eigenvalue weighted by atomic mass is 10.2. The van der Waals surface area contributed by atoms with E-state index in [0.717, 1.165) is 29.8 Å². The summed E-state index contributed by atoms with van der Waals surface area (Å²) in [7, 11) is 1.95. The van der Waals surface area contributed by atoms with E-state index in [0.29, 0.717) is 0 Å². The molecule has 0 aromatic carbocycles. The first-order valence-corrected chi connectivity index (χ1v) is 5.50. The van der Waals surface area contributed by atoms with Gasteiger partial charge in [-0.1, -0.05) is 0 Å². The number of halogens is 1. The molecule has 0 fully saturated rings. The maximum Gasteiger partial charge on any atom is 0.109 e. The largest absolute Gasteiger partial charge is 0.322 e. The van der Waals surface area contributed by atoms with E-state index in [1.54, 1.807) is 0 Å². The van der Waals surface area contributed by atoms with E-state index in [2.05, 4.69) is 30.8 Å². The third-order valence-corrected chi connectivity index (χ3v) is 3.31. The average molecular weight is 244 g/mol. The van der Waals surface area contributed by atoms with Crippen LogP contribution in [0.25, 0.3) is 0 Å². The summed E-state index contributed by atoms with van der Waals surface area (Å²) in [6, 6.07) is 0. The summed E-state index contributed by atoms with van der Waals surface area (Å²) in [5.41, 5.74) is 1.14. The highest BCUT2D eigenvalue weighted by Gasteiger charge is 2.16. The van der Waals surface area contributed by atoms with Gasteiger partial charge in [0.1, 0.15) is 10.4 Å². The molecule has 0 amide bonds. The Balaban J connectivity index is 2.33. The summed E-state index contributed by atoms with van der Waals surface area (Å²) in [5.74, 6) is 1.24. The first-order valence-electron chi connectivity index (χ1n) is 4.71. The molecule has 1 aliphatic heterocycles. The van der Waals surface area contributed by atoms with Crippen molar-refractivity contribution < 1.29 is 0 Å². The van der Waals surface area contributed by atoms with Crippen molar-refractivity contribution in [3.8, 4) is 0 Å². The van der Waals surface area contributed by atoms with E-state index < -0.39 is 0 Å². The van der Waals surface area contributed by atoms with Gasteiger partial charge < -0.3 is 9.88 Å². The van der Waals surface area contributed by atoms with Crippen molar-refractivity contribution in [2.75, 3.05) is 7.05 Å². The summed E-state index contributed by atoms with van der Waals surface area (Å²) < 4.78 is 3.45. The Bertz CT molecular complexity index is 306. The molecular formula is C9H14BrN3. The van der Waals surface area contributed by atoms with Gasteiger partial charge in [0.2, 0.25) is 0 Å².